The molecule has 196 valence electrons. The van der Waals surface area contributed by atoms with Gasteiger partial charge in [-0.3, -0.25) is 8.66 Å². The van der Waals surface area contributed by atoms with Crippen molar-refractivity contribution < 1.29 is 0 Å². The molecule has 7 rings (SSSR count). The Morgan fingerprint density at radius 3 is 1.27 bits per heavy atom. The maximum atomic E-state index is 2.57. The van der Waals surface area contributed by atoms with Crippen molar-refractivity contribution in [2.45, 2.75) is 13.8 Å². The fourth-order valence-electron chi connectivity index (χ4n) is 5.90. The lowest BCUT2D eigenvalue weighted by Gasteiger charge is -2.24. The number of aromatic nitrogens is 2. The van der Waals surface area contributed by atoms with Crippen LogP contribution in [0.15, 0.2) is 121 Å². The van der Waals surface area contributed by atoms with E-state index in [1.54, 1.807) is 0 Å². The lowest BCUT2D eigenvalue weighted by molar-refractivity contribution is 1.11. The van der Waals surface area contributed by atoms with Gasteiger partial charge in [0.15, 0.2) is 0 Å². The van der Waals surface area contributed by atoms with Crippen molar-refractivity contribution in [3.05, 3.63) is 132 Å². The summed E-state index contributed by atoms with van der Waals surface area (Å²) in [6.45, 7) is 4.31. The van der Waals surface area contributed by atoms with E-state index in [1.165, 1.54) is 65.9 Å². The first kappa shape index (κ1) is 24.7. The molecule has 0 spiro atoms. The molecular weight excluding hydrogens is 505 g/mol. The number of fused-ring (bicyclic) bond motifs is 7. The van der Waals surface area contributed by atoms with Crippen LogP contribution in [0.25, 0.3) is 54.7 Å². The topological polar surface area (TPSA) is 13.1 Å². The Balaban J connectivity index is 1.89. The van der Waals surface area contributed by atoms with Gasteiger partial charge >= 0.3 is 0 Å². The molecule has 0 aliphatic carbocycles. The molecule has 0 bridgehead atoms. The Morgan fingerprint density at radius 2 is 0.875 bits per heavy atom. The van der Waals surface area contributed by atoms with Gasteiger partial charge in [0.05, 0.1) is 22.4 Å². The van der Waals surface area contributed by atoms with Crippen LogP contribution in [-0.2, 0) is 0 Å². The first-order valence-electron chi connectivity index (χ1n) is 13.8. The summed E-state index contributed by atoms with van der Waals surface area (Å²) in [6, 6.07) is 44.9. The Morgan fingerprint density at radius 1 is 0.475 bits per heavy atom. The molecule has 7 aromatic rings. The molecule has 40 heavy (non-hydrogen) atoms. The second kappa shape index (κ2) is 9.71. The number of aryl methyl sites for hydroxylation is 2. The third-order valence-electron chi connectivity index (χ3n) is 7.79. The molecule has 0 unspecified atom stereocenters. The monoisotopic (exact) mass is 537 g/mol. The minimum atomic E-state index is -1.04. The molecule has 6 aromatic carbocycles. The zero-order valence-corrected chi connectivity index (χ0v) is 24.2. The Kier molecular flexibility index (Phi) is 6.00. The van der Waals surface area contributed by atoms with E-state index >= 15 is 0 Å². The van der Waals surface area contributed by atoms with Crippen LogP contribution in [0.5, 0.6) is 0 Å². The molecular formula is C36H32N3P. The van der Waals surface area contributed by atoms with E-state index in [0.717, 1.165) is 0 Å². The molecule has 0 radical (unpaired) electrons. The smallest absolute Gasteiger partial charge is 0.116 e. The van der Waals surface area contributed by atoms with Crippen molar-refractivity contribution in [1.82, 2.24) is 8.66 Å². The molecule has 1 heterocycles. The van der Waals surface area contributed by atoms with Crippen molar-refractivity contribution in [1.29, 1.82) is 0 Å². The average Bonchev–Trinajstić information content (AvgIpc) is 3.11. The molecule has 0 fully saturated rings. The quantitative estimate of drug-likeness (QED) is 0.219. The summed E-state index contributed by atoms with van der Waals surface area (Å²) in [6.07, 6.45) is 0. The van der Waals surface area contributed by atoms with E-state index in [2.05, 4.69) is 163 Å². The minimum Gasteiger partial charge on any atom is -0.274 e. The van der Waals surface area contributed by atoms with Gasteiger partial charge in [0.25, 0.3) is 0 Å². The number of benzene rings is 6. The van der Waals surface area contributed by atoms with Crippen LogP contribution in [0, 0.1) is 13.8 Å². The Bertz CT molecular complexity index is 1940. The molecule has 0 aliphatic rings. The van der Waals surface area contributed by atoms with Gasteiger partial charge in [-0.15, -0.1) is 0 Å². The van der Waals surface area contributed by atoms with Crippen LogP contribution < -0.4 is 4.67 Å². The summed E-state index contributed by atoms with van der Waals surface area (Å²) in [5.41, 5.74) is 7.36. The van der Waals surface area contributed by atoms with Crippen LogP contribution in [0.4, 0.5) is 0 Å². The van der Waals surface area contributed by atoms with E-state index in [0.29, 0.717) is 0 Å². The molecule has 4 heteroatoms. The van der Waals surface area contributed by atoms with Crippen LogP contribution in [0.1, 0.15) is 11.1 Å². The molecule has 0 saturated heterocycles. The summed E-state index contributed by atoms with van der Waals surface area (Å²) >= 11 is 0. The molecule has 0 saturated carbocycles. The molecule has 0 N–H and O–H groups in total. The Hall–Kier alpha value is -4.30. The molecule has 0 atom stereocenters. The second-order valence-corrected chi connectivity index (χ2v) is 12.9. The highest BCUT2D eigenvalue weighted by Crippen LogP contribution is 2.44. The van der Waals surface area contributed by atoms with Crippen molar-refractivity contribution >= 4 is 51.4 Å². The van der Waals surface area contributed by atoms with Crippen LogP contribution >= 0.6 is 8.00 Å². The van der Waals surface area contributed by atoms with Crippen LogP contribution in [0.3, 0.4) is 0 Å². The van der Waals surface area contributed by atoms with Gasteiger partial charge in [0, 0.05) is 10.8 Å². The first-order chi connectivity index (χ1) is 19.5. The van der Waals surface area contributed by atoms with E-state index in [-0.39, 0.29) is 0 Å². The summed E-state index contributed by atoms with van der Waals surface area (Å²) in [5, 5.41) is 7.62. The van der Waals surface area contributed by atoms with Crippen molar-refractivity contribution in [2.75, 3.05) is 18.8 Å². The van der Waals surface area contributed by atoms with Gasteiger partial charge in [-0.1, -0.05) is 96.1 Å². The molecule has 3 nitrogen and oxygen atoms in total. The number of hydrogen-bond acceptors (Lipinski definition) is 1. The maximum Gasteiger partial charge on any atom is 0.116 e. The minimum absolute atomic E-state index is 1.04. The van der Waals surface area contributed by atoms with E-state index < -0.39 is 8.00 Å². The predicted octanol–water partition coefficient (Wildman–Crippen LogP) is 9.81. The zero-order chi connectivity index (χ0) is 27.4. The van der Waals surface area contributed by atoms with Gasteiger partial charge < -0.3 is 0 Å². The van der Waals surface area contributed by atoms with Crippen LogP contribution in [-0.4, -0.2) is 22.8 Å². The van der Waals surface area contributed by atoms with Crippen LogP contribution in [0.2, 0.25) is 0 Å². The Labute approximate surface area is 236 Å². The van der Waals surface area contributed by atoms with E-state index in [4.69, 9.17) is 0 Å². The number of nitrogens with zero attached hydrogens (tertiary/aromatic N) is 3. The molecule has 1 aromatic heterocycles. The molecule has 0 amide bonds. The summed E-state index contributed by atoms with van der Waals surface area (Å²) in [5.74, 6) is 0. The third-order valence-corrected chi connectivity index (χ3v) is 10.1. The lowest BCUT2D eigenvalue weighted by Crippen LogP contribution is -2.15. The van der Waals surface area contributed by atoms with E-state index in [1.807, 2.05) is 0 Å². The summed E-state index contributed by atoms with van der Waals surface area (Å²) < 4.78 is 7.54. The highest BCUT2D eigenvalue weighted by Gasteiger charge is 2.20. The van der Waals surface area contributed by atoms with Crippen molar-refractivity contribution in [3.8, 4) is 11.4 Å². The van der Waals surface area contributed by atoms with Crippen molar-refractivity contribution in [3.63, 3.8) is 0 Å². The second-order valence-electron chi connectivity index (χ2n) is 10.8. The predicted molar refractivity (Wildman–Crippen MR) is 175 cm³/mol. The van der Waals surface area contributed by atoms with Gasteiger partial charge in [-0.05, 0) is 85.9 Å². The van der Waals surface area contributed by atoms with Gasteiger partial charge in [0.1, 0.15) is 8.00 Å². The van der Waals surface area contributed by atoms with Gasteiger partial charge in [-0.25, -0.2) is 4.67 Å². The molecule has 0 aliphatic heterocycles. The number of hydrogen-bond donors (Lipinski definition) is 0. The third kappa shape index (κ3) is 3.93. The fourth-order valence-corrected chi connectivity index (χ4v) is 8.19. The summed E-state index contributed by atoms with van der Waals surface area (Å²) in [4.78, 5) is 0. The average molecular weight is 538 g/mol. The highest BCUT2D eigenvalue weighted by molar-refractivity contribution is 7.45. The van der Waals surface area contributed by atoms with Gasteiger partial charge in [-0.2, -0.15) is 0 Å². The standard InChI is InChI=1S/C36H32N3P/c1-25-13-19-29(20-14-25)38-33-23-17-27-9-5-7-11-31(27)35(33)36-32-12-8-6-10-28(32)18-24-34(36)39(40(38)37(3)4)30-21-15-26(2)16-22-30/h5-24H,1-4H3. The SMILES string of the molecule is Cc1ccc(-n2c3ccc4ccccc4c3c3c4ccccc4ccc3n(-c3ccc(C)cc3)p2N(C)C)cc1. The van der Waals surface area contributed by atoms with Crippen molar-refractivity contribution in [2.24, 2.45) is 0 Å². The lowest BCUT2D eigenvalue weighted by atomic mass is 9.98. The fraction of sp³-hybridized carbons (Fsp3) is 0.111. The largest absolute Gasteiger partial charge is 0.274 e. The zero-order valence-electron chi connectivity index (χ0n) is 23.3. The first-order valence-corrected chi connectivity index (χ1v) is 15.0. The van der Waals surface area contributed by atoms with E-state index in [9.17, 15) is 0 Å². The highest BCUT2D eigenvalue weighted by atomic mass is 31.1. The maximum absolute atomic E-state index is 2.57. The number of rotatable bonds is 3. The van der Waals surface area contributed by atoms with Gasteiger partial charge in [0.2, 0.25) is 0 Å². The normalized spacial score (nSPS) is 11.7. The summed E-state index contributed by atoms with van der Waals surface area (Å²) in [7, 11) is 3.38.